The van der Waals surface area contributed by atoms with Gasteiger partial charge in [-0.2, -0.15) is 0 Å². The van der Waals surface area contributed by atoms with Crippen molar-refractivity contribution in [1.82, 2.24) is 10.2 Å². The summed E-state index contributed by atoms with van der Waals surface area (Å²) >= 11 is 3.30. The maximum atomic E-state index is 11.4. The summed E-state index contributed by atoms with van der Waals surface area (Å²) in [4.78, 5) is 22.5. The van der Waals surface area contributed by atoms with Crippen LogP contribution in [0.15, 0.2) is 44.4 Å². The Morgan fingerprint density at radius 2 is 1.67 bits per heavy atom. The van der Waals surface area contributed by atoms with Crippen LogP contribution in [-0.2, 0) is 0 Å². The highest BCUT2D eigenvalue weighted by molar-refractivity contribution is 9.10. The van der Waals surface area contributed by atoms with Crippen LogP contribution in [0.1, 0.15) is 0 Å². The summed E-state index contributed by atoms with van der Waals surface area (Å²) in [6.45, 7) is 0. The second kappa shape index (κ2) is 3.86. The molecule has 0 saturated carbocycles. The van der Waals surface area contributed by atoms with Crippen LogP contribution >= 0.6 is 15.9 Å². The largest absolute Gasteiger partial charge is 0.270 e. The number of hydrogen-bond donors (Lipinski definition) is 2. The first-order valence-corrected chi connectivity index (χ1v) is 5.04. The van der Waals surface area contributed by atoms with Gasteiger partial charge in [-0.05, 0) is 17.7 Å². The Morgan fingerprint density at radius 1 is 1.00 bits per heavy atom. The number of halogens is 1. The normalized spacial score (nSPS) is 10.2. The predicted molar refractivity (Wildman–Crippen MR) is 60.8 cm³/mol. The number of nitrogens with one attached hydrogen (secondary N) is 2. The molecule has 0 unspecified atom stereocenters. The zero-order valence-corrected chi connectivity index (χ0v) is 9.17. The molecule has 0 aliphatic heterocycles. The van der Waals surface area contributed by atoms with Gasteiger partial charge in [-0.1, -0.05) is 28.1 Å². The topological polar surface area (TPSA) is 65.7 Å². The van der Waals surface area contributed by atoms with Crippen LogP contribution in [0, 0.1) is 0 Å². The van der Waals surface area contributed by atoms with Gasteiger partial charge in [0, 0.05) is 10.5 Å². The first-order chi connectivity index (χ1) is 7.16. The molecule has 4 nitrogen and oxygen atoms in total. The van der Waals surface area contributed by atoms with E-state index < -0.39 is 0 Å². The van der Waals surface area contributed by atoms with Crippen LogP contribution in [-0.4, -0.2) is 10.2 Å². The highest BCUT2D eigenvalue weighted by Crippen LogP contribution is 2.17. The molecule has 2 aromatic rings. The summed E-state index contributed by atoms with van der Waals surface area (Å²) in [5.74, 6) is 0. The Bertz CT molecular complexity index is 583. The Hall–Kier alpha value is -1.62. The molecule has 1 heterocycles. The van der Waals surface area contributed by atoms with Crippen molar-refractivity contribution in [2.24, 2.45) is 0 Å². The smallest absolute Gasteiger partial charge is 0.268 e. The molecular formula is C10H7BrN2O2. The maximum Gasteiger partial charge on any atom is 0.270 e. The third kappa shape index (κ3) is 2.07. The van der Waals surface area contributed by atoms with Crippen LogP contribution < -0.4 is 11.1 Å². The van der Waals surface area contributed by atoms with E-state index in [0.717, 1.165) is 4.47 Å². The lowest BCUT2D eigenvalue weighted by Crippen LogP contribution is -2.19. The number of aromatic nitrogens is 2. The van der Waals surface area contributed by atoms with Crippen molar-refractivity contribution < 1.29 is 0 Å². The number of rotatable bonds is 1. The Labute approximate surface area is 93.1 Å². The fourth-order valence-corrected chi connectivity index (χ4v) is 1.53. The molecule has 5 heteroatoms. The number of benzene rings is 1. The van der Waals surface area contributed by atoms with Gasteiger partial charge in [0.1, 0.15) is 0 Å². The minimum absolute atomic E-state index is 0.308. The van der Waals surface area contributed by atoms with Crippen LogP contribution in [0.3, 0.4) is 0 Å². The van der Waals surface area contributed by atoms with E-state index in [1.165, 1.54) is 6.07 Å². The molecule has 0 fully saturated rings. The molecule has 0 spiro atoms. The van der Waals surface area contributed by atoms with Crippen LogP contribution in [0.25, 0.3) is 11.1 Å². The van der Waals surface area contributed by atoms with E-state index in [1.807, 2.05) is 12.1 Å². The molecule has 0 amide bonds. The fourth-order valence-electron chi connectivity index (χ4n) is 1.26. The minimum atomic E-state index is -0.326. The summed E-state index contributed by atoms with van der Waals surface area (Å²) in [6.07, 6.45) is 0. The van der Waals surface area contributed by atoms with Gasteiger partial charge in [0.2, 0.25) is 0 Å². The van der Waals surface area contributed by atoms with E-state index in [2.05, 4.69) is 26.1 Å². The van der Waals surface area contributed by atoms with Crippen molar-refractivity contribution in [2.75, 3.05) is 0 Å². The Morgan fingerprint density at radius 3 is 2.33 bits per heavy atom. The molecular weight excluding hydrogens is 260 g/mol. The number of aromatic amines is 2. The third-order valence-electron chi connectivity index (χ3n) is 1.97. The SMILES string of the molecule is O=c1cc(-c2ccc(Br)cc2)c(=O)[nH][nH]1. The number of H-pyrrole nitrogens is 2. The zero-order chi connectivity index (χ0) is 10.8. The molecule has 76 valence electrons. The summed E-state index contributed by atoms with van der Waals surface area (Å²) < 4.78 is 0.924. The van der Waals surface area contributed by atoms with Crippen LogP contribution in [0.5, 0.6) is 0 Å². The van der Waals surface area contributed by atoms with E-state index in [4.69, 9.17) is 0 Å². The van der Waals surface area contributed by atoms with Gasteiger partial charge in [-0.3, -0.25) is 19.8 Å². The zero-order valence-electron chi connectivity index (χ0n) is 7.58. The molecule has 0 radical (unpaired) electrons. The lowest BCUT2D eigenvalue weighted by molar-refractivity contribution is 0.955. The van der Waals surface area contributed by atoms with Gasteiger partial charge >= 0.3 is 0 Å². The highest BCUT2D eigenvalue weighted by Gasteiger charge is 2.03. The molecule has 1 aromatic carbocycles. The van der Waals surface area contributed by atoms with Crippen molar-refractivity contribution >= 4 is 15.9 Å². The van der Waals surface area contributed by atoms with Gasteiger partial charge < -0.3 is 0 Å². The van der Waals surface area contributed by atoms with Gasteiger partial charge in [-0.15, -0.1) is 0 Å². The Balaban J connectivity index is 2.63. The van der Waals surface area contributed by atoms with Gasteiger partial charge in [0.25, 0.3) is 11.1 Å². The summed E-state index contributed by atoms with van der Waals surface area (Å²) in [7, 11) is 0. The van der Waals surface area contributed by atoms with E-state index in [0.29, 0.717) is 11.1 Å². The lowest BCUT2D eigenvalue weighted by atomic mass is 10.1. The van der Waals surface area contributed by atoms with Crippen LogP contribution in [0.2, 0.25) is 0 Å². The van der Waals surface area contributed by atoms with Crippen LogP contribution in [0.4, 0.5) is 0 Å². The van der Waals surface area contributed by atoms with E-state index in [-0.39, 0.29) is 11.1 Å². The summed E-state index contributed by atoms with van der Waals surface area (Å²) in [5, 5.41) is 4.50. The second-order valence-corrected chi connectivity index (χ2v) is 3.92. The predicted octanol–water partition coefficient (Wildman–Crippen LogP) is 1.49. The second-order valence-electron chi connectivity index (χ2n) is 3.01. The average Bonchev–Trinajstić information content (AvgIpc) is 2.23. The lowest BCUT2D eigenvalue weighted by Gasteiger charge is -1.99. The molecule has 15 heavy (non-hydrogen) atoms. The molecule has 2 rings (SSSR count). The monoisotopic (exact) mass is 266 g/mol. The van der Waals surface area contributed by atoms with E-state index >= 15 is 0 Å². The average molecular weight is 267 g/mol. The van der Waals surface area contributed by atoms with Gasteiger partial charge in [-0.25, -0.2) is 0 Å². The highest BCUT2D eigenvalue weighted by atomic mass is 79.9. The standard InChI is InChI=1S/C10H7BrN2O2/c11-7-3-1-6(2-4-7)8-5-9(14)12-13-10(8)15/h1-5H,(H,12,14)(H,13,15). The maximum absolute atomic E-state index is 11.4. The summed E-state index contributed by atoms with van der Waals surface area (Å²) in [6, 6.07) is 8.45. The summed E-state index contributed by atoms with van der Waals surface area (Å²) in [5.41, 5.74) is 0.446. The first kappa shape index (κ1) is 9.92. The van der Waals surface area contributed by atoms with Gasteiger partial charge in [0.15, 0.2) is 0 Å². The van der Waals surface area contributed by atoms with Crippen molar-refractivity contribution in [2.45, 2.75) is 0 Å². The quantitative estimate of drug-likeness (QED) is 0.822. The minimum Gasteiger partial charge on any atom is -0.268 e. The number of hydrogen-bond acceptors (Lipinski definition) is 2. The van der Waals surface area contributed by atoms with E-state index in [1.54, 1.807) is 12.1 Å². The molecule has 0 atom stereocenters. The molecule has 1 aromatic heterocycles. The molecule has 0 aliphatic carbocycles. The van der Waals surface area contributed by atoms with Crippen molar-refractivity contribution in [3.05, 3.63) is 55.5 Å². The van der Waals surface area contributed by atoms with Gasteiger partial charge in [0.05, 0.1) is 5.56 Å². The van der Waals surface area contributed by atoms with Crippen molar-refractivity contribution in [3.63, 3.8) is 0 Å². The fraction of sp³-hybridized carbons (Fsp3) is 0. The van der Waals surface area contributed by atoms with Crippen molar-refractivity contribution in [3.8, 4) is 11.1 Å². The molecule has 0 aliphatic rings. The molecule has 0 saturated heterocycles. The Kier molecular flexibility index (Phi) is 2.55. The van der Waals surface area contributed by atoms with E-state index in [9.17, 15) is 9.59 Å². The molecule has 2 N–H and O–H groups in total. The van der Waals surface area contributed by atoms with Crippen molar-refractivity contribution in [1.29, 1.82) is 0 Å². The molecule has 0 bridgehead atoms. The first-order valence-electron chi connectivity index (χ1n) is 4.25. The third-order valence-corrected chi connectivity index (χ3v) is 2.50.